The van der Waals surface area contributed by atoms with Gasteiger partial charge < -0.3 is 15.5 Å². The number of alkyl halides is 3. The number of halogens is 5. The predicted octanol–water partition coefficient (Wildman–Crippen LogP) is 3.99. The Hall–Kier alpha value is -2.89. The number of amides is 2. The molecule has 2 heterocycles. The molecule has 0 atom stereocenters. The van der Waals surface area contributed by atoms with E-state index in [1.807, 2.05) is 0 Å². The summed E-state index contributed by atoms with van der Waals surface area (Å²) < 4.78 is 38.5. The summed E-state index contributed by atoms with van der Waals surface area (Å²) in [5.74, 6) is -4.99. The lowest BCUT2D eigenvalue weighted by atomic mass is 9.97. The van der Waals surface area contributed by atoms with Gasteiger partial charge in [0.1, 0.15) is 0 Å². The molecule has 0 bridgehead atoms. The number of hydrogen-bond acceptors (Lipinski definition) is 6. The maximum absolute atomic E-state index is 13.2. The predicted molar refractivity (Wildman–Crippen MR) is 114 cm³/mol. The molecule has 176 valence electrons. The number of nitrogens with one attached hydrogen (secondary N) is 2. The third-order valence-electron chi connectivity index (χ3n) is 4.69. The highest BCUT2D eigenvalue weighted by molar-refractivity contribution is 6.31. The first kappa shape index (κ1) is 24.7. The normalized spacial score (nSPS) is 14.5. The van der Waals surface area contributed by atoms with Crippen LogP contribution < -0.4 is 15.7 Å². The Morgan fingerprint density at radius 1 is 1.09 bits per heavy atom. The average molecular weight is 505 g/mol. The van der Waals surface area contributed by atoms with Gasteiger partial charge >= 0.3 is 12.1 Å². The minimum absolute atomic E-state index is 0.0186. The van der Waals surface area contributed by atoms with Crippen molar-refractivity contribution in [3.05, 3.63) is 52.1 Å². The van der Waals surface area contributed by atoms with Gasteiger partial charge in [-0.25, -0.2) is 9.78 Å². The SMILES string of the molecule is O=C(Nc1ccc(Cl)cc1C(=O)N(OC(=O)C(F)(F)F)c1ccc(Cl)cn1)C1CCNCC1. The van der Waals surface area contributed by atoms with E-state index in [2.05, 4.69) is 20.5 Å². The number of hydrogen-bond donors (Lipinski definition) is 2. The van der Waals surface area contributed by atoms with Gasteiger partial charge in [-0.3, -0.25) is 9.59 Å². The zero-order valence-electron chi connectivity index (χ0n) is 16.8. The summed E-state index contributed by atoms with van der Waals surface area (Å²) in [7, 11) is 0. The van der Waals surface area contributed by atoms with Gasteiger partial charge in [-0.15, -0.1) is 5.06 Å². The van der Waals surface area contributed by atoms with Crippen molar-refractivity contribution in [3.63, 3.8) is 0 Å². The molecule has 1 saturated heterocycles. The number of carbonyl (C=O) groups excluding carboxylic acids is 3. The quantitative estimate of drug-likeness (QED) is 0.610. The Balaban J connectivity index is 1.95. The van der Waals surface area contributed by atoms with Crippen molar-refractivity contribution >= 4 is 52.5 Å². The molecule has 1 aromatic carbocycles. The number of carbonyl (C=O) groups is 3. The summed E-state index contributed by atoms with van der Waals surface area (Å²) in [4.78, 5) is 45.4. The number of benzene rings is 1. The van der Waals surface area contributed by atoms with Crippen LogP contribution in [0.4, 0.5) is 24.7 Å². The first-order valence-electron chi connectivity index (χ1n) is 9.62. The highest BCUT2D eigenvalue weighted by Gasteiger charge is 2.44. The molecule has 33 heavy (non-hydrogen) atoms. The highest BCUT2D eigenvalue weighted by Crippen LogP contribution is 2.28. The van der Waals surface area contributed by atoms with E-state index >= 15 is 0 Å². The second kappa shape index (κ2) is 10.4. The number of anilines is 2. The lowest BCUT2D eigenvalue weighted by Gasteiger charge is -2.24. The maximum Gasteiger partial charge on any atom is 0.493 e. The smallest absolute Gasteiger partial charge is 0.325 e. The fourth-order valence-electron chi connectivity index (χ4n) is 3.05. The van der Waals surface area contributed by atoms with Gasteiger partial charge in [0.2, 0.25) is 5.91 Å². The van der Waals surface area contributed by atoms with Gasteiger partial charge in [0.05, 0.1) is 16.3 Å². The van der Waals surface area contributed by atoms with Crippen LogP contribution in [0.3, 0.4) is 0 Å². The van der Waals surface area contributed by atoms with Gasteiger partial charge in [0.25, 0.3) is 5.91 Å². The van der Waals surface area contributed by atoms with Crippen molar-refractivity contribution in [2.45, 2.75) is 19.0 Å². The summed E-state index contributed by atoms with van der Waals surface area (Å²) in [6.07, 6.45) is -3.18. The summed E-state index contributed by atoms with van der Waals surface area (Å²) in [6, 6.07) is 6.17. The van der Waals surface area contributed by atoms with E-state index in [1.54, 1.807) is 0 Å². The Morgan fingerprint density at radius 3 is 2.36 bits per heavy atom. The molecule has 2 N–H and O–H groups in total. The highest BCUT2D eigenvalue weighted by atomic mass is 35.5. The minimum Gasteiger partial charge on any atom is -0.325 e. The summed E-state index contributed by atoms with van der Waals surface area (Å²) in [5, 5.41) is 5.99. The van der Waals surface area contributed by atoms with Crippen molar-refractivity contribution in [2.75, 3.05) is 23.5 Å². The number of rotatable bonds is 4. The Bertz CT molecular complexity index is 1040. The molecule has 1 aliphatic rings. The van der Waals surface area contributed by atoms with Crippen LogP contribution in [-0.4, -0.2) is 42.0 Å². The Labute approximate surface area is 196 Å². The summed E-state index contributed by atoms with van der Waals surface area (Å²) in [5.41, 5.74) is -0.327. The number of nitrogens with zero attached hydrogens (tertiary/aromatic N) is 2. The van der Waals surface area contributed by atoms with Crippen molar-refractivity contribution in [1.29, 1.82) is 0 Å². The maximum atomic E-state index is 13.2. The number of pyridine rings is 1. The van der Waals surface area contributed by atoms with Crippen molar-refractivity contribution in [3.8, 4) is 0 Å². The van der Waals surface area contributed by atoms with Crippen LogP contribution in [-0.2, 0) is 14.4 Å². The van der Waals surface area contributed by atoms with E-state index in [-0.39, 0.29) is 38.2 Å². The van der Waals surface area contributed by atoms with Crippen LogP contribution in [0.5, 0.6) is 0 Å². The van der Waals surface area contributed by atoms with Crippen LogP contribution in [0, 0.1) is 5.92 Å². The average Bonchev–Trinajstić information content (AvgIpc) is 2.78. The number of hydroxylamine groups is 1. The molecule has 1 aliphatic heterocycles. The number of aromatic nitrogens is 1. The monoisotopic (exact) mass is 504 g/mol. The van der Waals surface area contributed by atoms with Gasteiger partial charge in [0.15, 0.2) is 5.82 Å². The van der Waals surface area contributed by atoms with Crippen LogP contribution in [0.1, 0.15) is 23.2 Å². The first-order chi connectivity index (χ1) is 15.6. The van der Waals surface area contributed by atoms with Crippen molar-refractivity contribution in [2.24, 2.45) is 5.92 Å². The molecule has 1 fully saturated rings. The molecular weight excluding hydrogens is 488 g/mol. The molecule has 0 radical (unpaired) electrons. The van der Waals surface area contributed by atoms with E-state index in [4.69, 9.17) is 23.2 Å². The van der Waals surface area contributed by atoms with E-state index in [0.717, 1.165) is 18.3 Å². The van der Waals surface area contributed by atoms with Crippen molar-refractivity contribution < 1.29 is 32.4 Å². The van der Waals surface area contributed by atoms with Crippen LogP contribution >= 0.6 is 23.2 Å². The second-order valence-electron chi connectivity index (χ2n) is 7.01. The molecule has 1 aromatic heterocycles. The van der Waals surface area contributed by atoms with Crippen LogP contribution in [0.15, 0.2) is 36.5 Å². The molecule has 0 saturated carbocycles. The molecule has 0 unspecified atom stereocenters. The molecule has 13 heteroatoms. The second-order valence-corrected chi connectivity index (χ2v) is 7.89. The molecule has 8 nitrogen and oxygen atoms in total. The topological polar surface area (TPSA) is 101 Å². The first-order valence-corrected chi connectivity index (χ1v) is 10.4. The third kappa shape index (κ3) is 6.34. The molecule has 2 aromatic rings. The van der Waals surface area contributed by atoms with E-state index < -0.39 is 23.9 Å². The van der Waals surface area contributed by atoms with Crippen LogP contribution in [0.2, 0.25) is 10.0 Å². The largest absolute Gasteiger partial charge is 0.493 e. The Kier molecular flexibility index (Phi) is 7.77. The van der Waals surface area contributed by atoms with E-state index in [1.165, 1.54) is 18.2 Å². The molecular formula is C20H17Cl2F3N4O4. The van der Waals surface area contributed by atoms with E-state index in [9.17, 15) is 27.6 Å². The van der Waals surface area contributed by atoms with Gasteiger partial charge in [0, 0.05) is 17.1 Å². The van der Waals surface area contributed by atoms with E-state index in [0.29, 0.717) is 25.9 Å². The standard InChI is InChI=1S/C20H17Cl2F3N4O4/c21-12-1-3-15(28-17(30)11-5-7-26-8-6-11)14(9-12)18(31)29(33-19(32)20(23,24)25)16-4-2-13(22)10-27-16/h1-4,9-11,26H,5-8H2,(H,28,30). The fraction of sp³-hybridized carbons (Fsp3) is 0.300. The number of piperidine rings is 1. The molecule has 3 rings (SSSR count). The molecule has 0 spiro atoms. The van der Waals surface area contributed by atoms with Crippen LogP contribution in [0.25, 0.3) is 0 Å². The van der Waals surface area contributed by atoms with Gasteiger partial charge in [-0.2, -0.15) is 13.2 Å². The molecule has 2 amide bonds. The zero-order valence-corrected chi connectivity index (χ0v) is 18.3. The molecule has 0 aliphatic carbocycles. The van der Waals surface area contributed by atoms with Gasteiger partial charge in [-0.1, -0.05) is 23.2 Å². The summed E-state index contributed by atoms with van der Waals surface area (Å²) >= 11 is 11.7. The minimum atomic E-state index is -5.38. The third-order valence-corrected chi connectivity index (χ3v) is 5.15. The zero-order chi connectivity index (χ0) is 24.2. The summed E-state index contributed by atoms with van der Waals surface area (Å²) in [6.45, 7) is 1.29. The lowest BCUT2D eigenvalue weighted by molar-refractivity contribution is -0.200. The fourth-order valence-corrected chi connectivity index (χ4v) is 3.33. The van der Waals surface area contributed by atoms with Gasteiger partial charge in [-0.05, 0) is 56.3 Å². The Morgan fingerprint density at radius 2 is 1.76 bits per heavy atom. The lowest BCUT2D eigenvalue weighted by Crippen LogP contribution is -2.40. The van der Waals surface area contributed by atoms with Crippen molar-refractivity contribution in [1.82, 2.24) is 10.3 Å².